The minimum absolute atomic E-state index is 0. The maximum absolute atomic E-state index is 12.2. The number of amides is 1. The highest BCUT2D eigenvalue weighted by molar-refractivity contribution is 5.85. The summed E-state index contributed by atoms with van der Waals surface area (Å²) in [7, 11) is 0. The van der Waals surface area contributed by atoms with Crippen molar-refractivity contribution in [1.82, 2.24) is 4.90 Å². The van der Waals surface area contributed by atoms with E-state index in [1.54, 1.807) is 12.1 Å². The minimum atomic E-state index is -0.424. The van der Waals surface area contributed by atoms with Crippen LogP contribution in [-0.2, 0) is 4.79 Å². The fraction of sp³-hybridized carbons (Fsp3) is 0.533. The maximum atomic E-state index is 12.2. The van der Waals surface area contributed by atoms with Crippen LogP contribution in [0.5, 0.6) is 5.75 Å². The number of hydrogen-bond donors (Lipinski definition) is 2. The van der Waals surface area contributed by atoms with Gasteiger partial charge in [-0.05, 0) is 18.1 Å². The van der Waals surface area contributed by atoms with Gasteiger partial charge in [0.15, 0.2) is 0 Å². The summed E-state index contributed by atoms with van der Waals surface area (Å²) in [5.74, 6) is 0.460. The van der Waals surface area contributed by atoms with E-state index < -0.39 is 6.04 Å². The number of nitrogens with zero attached hydrogens (tertiary/aromatic N) is 2. The third-order valence-electron chi connectivity index (χ3n) is 3.82. The van der Waals surface area contributed by atoms with Gasteiger partial charge in [0.25, 0.3) is 0 Å². The van der Waals surface area contributed by atoms with E-state index in [2.05, 4.69) is 4.90 Å². The first kappa shape index (κ1) is 17.6. The molecule has 1 fully saturated rings. The summed E-state index contributed by atoms with van der Waals surface area (Å²) in [4.78, 5) is 16.1. The first-order chi connectivity index (χ1) is 9.50. The standard InChI is InChI=1S/C15H23N3O2.ClH/c1-11(2)14(16)15(20)18-9-7-17(8-10-18)12-5-3-4-6-13(12)19;/h3-6,11,14,19H,7-10,16H2,1-2H3;1H/t14-;/m1./s1. The Morgan fingerprint density at radius 3 is 2.29 bits per heavy atom. The highest BCUT2D eigenvalue weighted by Gasteiger charge is 2.27. The summed E-state index contributed by atoms with van der Waals surface area (Å²) in [5, 5.41) is 9.86. The van der Waals surface area contributed by atoms with Crippen LogP contribution in [0.3, 0.4) is 0 Å². The topological polar surface area (TPSA) is 69.8 Å². The fourth-order valence-electron chi connectivity index (χ4n) is 2.40. The van der Waals surface area contributed by atoms with Gasteiger partial charge >= 0.3 is 0 Å². The van der Waals surface area contributed by atoms with Gasteiger partial charge in [-0.3, -0.25) is 4.79 Å². The van der Waals surface area contributed by atoms with Gasteiger partial charge in [0.05, 0.1) is 11.7 Å². The number of anilines is 1. The summed E-state index contributed by atoms with van der Waals surface area (Å²) in [6.45, 7) is 6.64. The summed E-state index contributed by atoms with van der Waals surface area (Å²) in [5.41, 5.74) is 6.74. The molecule has 1 aliphatic rings. The normalized spacial score (nSPS) is 16.6. The molecule has 1 atom stereocenters. The Morgan fingerprint density at radius 2 is 1.76 bits per heavy atom. The van der Waals surface area contributed by atoms with Gasteiger partial charge in [0.2, 0.25) is 5.91 Å². The van der Waals surface area contributed by atoms with E-state index >= 15 is 0 Å². The van der Waals surface area contributed by atoms with Crippen molar-refractivity contribution in [3.05, 3.63) is 24.3 Å². The number of rotatable bonds is 3. The second-order valence-corrected chi connectivity index (χ2v) is 5.57. The molecule has 0 unspecified atom stereocenters. The van der Waals surface area contributed by atoms with Crippen LogP contribution in [-0.4, -0.2) is 48.1 Å². The predicted octanol–water partition coefficient (Wildman–Crippen LogP) is 1.45. The van der Waals surface area contributed by atoms with E-state index in [9.17, 15) is 9.90 Å². The van der Waals surface area contributed by atoms with Crippen molar-refractivity contribution < 1.29 is 9.90 Å². The van der Waals surface area contributed by atoms with Gasteiger partial charge in [-0.1, -0.05) is 26.0 Å². The lowest BCUT2D eigenvalue weighted by Crippen LogP contribution is -2.54. The van der Waals surface area contributed by atoms with Crippen LogP contribution < -0.4 is 10.6 Å². The molecule has 2 rings (SSSR count). The highest BCUT2D eigenvalue weighted by Crippen LogP contribution is 2.27. The van der Waals surface area contributed by atoms with E-state index in [0.717, 1.165) is 5.69 Å². The fourth-order valence-corrected chi connectivity index (χ4v) is 2.40. The molecule has 1 aromatic carbocycles. The summed E-state index contributed by atoms with van der Waals surface area (Å²) in [6.07, 6.45) is 0. The molecule has 3 N–H and O–H groups in total. The number of para-hydroxylation sites is 2. The van der Waals surface area contributed by atoms with Crippen molar-refractivity contribution in [1.29, 1.82) is 0 Å². The average Bonchev–Trinajstić information content (AvgIpc) is 2.46. The van der Waals surface area contributed by atoms with E-state index in [1.807, 2.05) is 30.9 Å². The molecule has 1 saturated heterocycles. The molecule has 0 saturated carbocycles. The molecule has 21 heavy (non-hydrogen) atoms. The first-order valence-electron chi connectivity index (χ1n) is 7.08. The highest BCUT2D eigenvalue weighted by atomic mass is 35.5. The Bertz CT molecular complexity index is 474. The zero-order chi connectivity index (χ0) is 14.7. The van der Waals surface area contributed by atoms with Crippen LogP contribution in [0.15, 0.2) is 24.3 Å². The molecule has 1 aromatic rings. The van der Waals surface area contributed by atoms with Gasteiger partial charge in [-0.25, -0.2) is 0 Å². The number of phenols is 1. The lowest BCUT2D eigenvalue weighted by atomic mass is 10.0. The minimum Gasteiger partial charge on any atom is -0.506 e. The SMILES string of the molecule is CC(C)[C@@H](N)C(=O)N1CCN(c2ccccc2O)CC1.Cl. The molecule has 5 nitrogen and oxygen atoms in total. The summed E-state index contributed by atoms with van der Waals surface area (Å²) < 4.78 is 0. The number of halogens is 1. The molecule has 0 spiro atoms. The summed E-state index contributed by atoms with van der Waals surface area (Å²) >= 11 is 0. The average molecular weight is 314 g/mol. The van der Waals surface area contributed by atoms with Crippen LogP contribution in [0.4, 0.5) is 5.69 Å². The second-order valence-electron chi connectivity index (χ2n) is 5.57. The Hall–Kier alpha value is -1.46. The molecule has 0 bridgehead atoms. The van der Waals surface area contributed by atoms with Crippen LogP contribution in [0.1, 0.15) is 13.8 Å². The summed E-state index contributed by atoms with van der Waals surface area (Å²) in [6, 6.07) is 6.86. The smallest absolute Gasteiger partial charge is 0.239 e. The van der Waals surface area contributed by atoms with Crippen molar-refractivity contribution in [2.45, 2.75) is 19.9 Å². The van der Waals surface area contributed by atoms with Gasteiger partial charge in [-0.2, -0.15) is 0 Å². The third-order valence-corrected chi connectivity index (χ3v) is 3.82. The lowest BCUT2D eigenvalue weighted by molar-refractivity contribution is -0.133. The van der Waals surface area contributed by atoms with Crippen molar-refractivity contribution in [3.8, 4) is 5.75 Å². The van der Waals surface area contributed by atoms with Crippen molar-refractivity contribution in [2.24, 2.45) is 11.7 Å². The molecule has 1 amide bonds. The number of carbonyl (C=O) groups is 1. The largest absolute Gasteiger partial charge is 0.506 e. The molecule has 118 valence electrons. The number of carbonyl (C=O) groups excluding carboxylic acids is 1. The number of aromatic hydroxyl groups is 1. The monoisotopic (exact) mass is 313 g/mol. The van der Waals surface area contributed by atoms with Crippen molar-refractivity contribution in [2.75, 3.05) is 31.1 Å². The van der Waals surface area contributed by atoms with Crippen molar-refractivity contribution >= 4 is 24.0 Å². The molecule has 0 aromatic heterocycles. The van der Waals surface area contributed by atoms with E-state index in [1.165, 1.54) is 0 Å². The van der Waals surface area contributed by atoms with Crippen LogP contribution in [0, 0.1) is 5.92 Å². The number of benzene rings is 1. The Kier molecular flexibility index (Phi) is 6.30. The second kappa shape index (κ2) is 7.52. The lowest BCUT2D eigenvalue weighted by Gasteiger charge is -2.37. The number of nitrogens with two attached hydrogens (primary N) is 1. The van der Waals surface area contributed by atoms with Gasteiger partial charge in [0.1, 0.15) is 5.75 Å². The van der Waals surface area contributed by atoms with Crippen LogP contribution in [0.25, 0.3) is 0 Å². The molecule has 6 heteroatoms. The van der Waals surface area contributed by atoms with Crippen LogP contribution >= 0.6 is 12.4 Å². The zero-order valence-corrected chi connectivity index (χ0v) is 13.3. The Morgan fingerprint density at radius 1 is 1.19 bits per heavy atom. The Labute approximate surface area is 132 Å². The van der Waals surface area contributed by atoms with Gasteiger partial charge in [-0.15, -0.1) is 12.4 Å². The molecular formula is C15H24ClN3O2. The van der Waals surface area contributed by atoms with E-state index in [-0.39, 0.29) is 30.0 Å². The number of phenolic OH excluding ortho intramolecular Hbond substituents is 1. The maximum Gasteiger partial charge on any atom is 0.239 e. The quantitative estimate of drug-likeness (QED) is 0.886. The molecule has 1 heterocycles. The predicted molar refractivity (Wildman–Crippen MR) is 87.0 cm³/mol. The molecule has 1 aliphatic heterocycles. The Balaban J connectivity index is 0.00000220. The van der Waals surface area contributed by atoms with Gasteiger partial charge < -0.3 is 20.6 Å². The van der Waals surface area contributed by atoms with E-state index in [0.29, 0.717) is 26.2 Å². The molecule has 0 aliphatic carbocycles. The van der Waals surface area contributed by atoms with Gasteiger partial charge in [0, 0.05) is 26.2 Å². The van der Waals surface area contributed by atoms with Crippen molar-refractivity contribution in [3.63, 3.8) is 0 Å². The first-order valence-corrected chi connectivity index (χ1v) is 7.08. The number of piperazine rings is 1. The molecular weight excluding hydrogens is 290 g/mol. The van der Waals surface area contributed by atoms with Crippen LogP contribution in [0.2, 0.25) is 0 Å². The zero-order valence-electron chi connectivity index (χ0n) is 12.5. The molecule has 0 radical (unpaired) electrons. The number of hydrogen-bond acceptors (Lipinski definition) is 4. The van der Waals surface area contributed by atoms with E-state index in [4.69, 9.17) is 5.73 Å². The third kappa shape index (κ3) is 4.02.